The van der Waals surface area contributed by atoms with Crippen LogP contribution in [0.1, 0.15) is 12.8 Å². The van der Waals surface area contributed by atoms with Crippen LogP contribution in [0.4, 0.5) is 10.2 Å². The molecule has 2 saturated carbocycles. The highest BCUT2D eigenvalue weighted by Gasteiger charge is 2.59. The number of benzene rings is 1. The molecule has 0 N–H and O–H groups in total. The molecule has 2 aromatic heterocycles. The number of ether oxygens (including phenoxy) is 1. The highest BCUT2D eigenvalue weighted by molar-refractivity contribution is 5.60. The molecule has 0 amide bonds. The average Bonchev–Trinajstić information content (AvgIpc) is 3.40. The number of methoxy groups -OCH3 is 1. The fourth-order valence-corrected chi connectivity index (χ4v) is 5.72. The van der Waals surface area contributed by atoms with Crippen LogP contribution < -0.4 is 4.90 Å². The summed E-state index contributed by atoms with van der Waals surface area (Å²) in [6.45, 7) is 1.02. The predicted molar refractivity (Wildman–Crippen MR) is 97.8 cm³/mol. The van der Waals surface area contributed by atoms with Crippen molar-refractivity contribution in [3.05, 3.63) is 42.2 Å². The Morgan fingerprint density at radius 3 is 2.81 bits per heavy atom. The van der Waals surface area contributed by atoms with Gasteiger partial charge in [0.2, 0.25) is 0 Å². The number of hydrogen-bond donors (Lipinski definition) is 0. The molecule has 6 rings (SSSR count). The molecule has 27 heavy (non-hydrogen) atoms. The molecule has 3 heterocycles. The molecule has 2 bridgehead atoms. The fourth-order valence-electron chi connectivity index (χ4n) is 5.72. The van der Waals surface area contributed by atoms with Crippen molar-refractivity contribution in [3.63, 3.8) is 0 Å². The van der Waals surface area contributed by atoms with Gasteiger partial charge in [0, 0.05) is 13.7 Å². The second kappa shape index (κ2) is 5.48. The highest BCUT2D eigenvalue weighted by atomic mass is 19.1. The van der Waals surface area contributed by atoms with Gasteiger partial charge in [0.05, 0.1) is 17.7 Å². The lowest BCUT2D eigenvalue weighted by Gasteiger charge is -2.31. The average molecular weight is 365 g/mol. The van der Waals surface area contributed by atoms with Gasteiger partial charge >= 0.3 is 0 Å². The first-order chi connectivity index (χ1) is 13.2. The zero-order valence-corrected chi connectivity index (χ0v) is 15.0. The Morgan fingerprint density at radius 2 is 1.96 bits per heavy atom. The molecule has 6 nitrogen and oxygen atoms in total. The van der Waals surface area contributed by atoms with E-state index < -0.39 is 0 Å². The molecule has 0 unspecified atom stereocenters. The van der Waals surface area contributed by atoms with Crippen molar-refractivity contribution in [2.45, 2.75) is 25.0 Å². The Labute approximate surface area is 156 Å². The lowest BCUT2D eigenvalue weighted by Crippen LogP contribution is -2.42. The van der Waals surface area contributed by atoms with Crippen molar-refractivity contribution in [2.24, 2.45) is 17.8 Å². The van der Waals surface area contributed by atoms with Gasteiger partial charge in [-0.1, -0.05) is 12.1 Å². The Hall–Kier alpha value is -2.54. The summed E-state index contributed by atoms with van der Waals surface area (Å²) in [7, 11) is 1.82. The van der Waals surface area contributed by atoms with Crippen molar-refractivity contribution in [1.29, 1.82) is 0 Å². The number of anilines is 1. The van der Waals surface area contributed by atoms with E-state index >= 15 is 0 Å². The summed E-state index contributed by atoms with van der Waals surface area (Å²) in [5, 5.41) is 13.2. The second-order valence-electron chi connectivity index (χ2n) is 7.96. The van der Waals surface area contributed by atoms with Crippen LogP contribution in [0.25, 0.3) is 17.0 Å². The summed E-state index contributed by atoms with van der Waals surface area (Å²) in [6.07, 6.45) is 2.80. The fraction of sp³-hybridized carbons (Fsp3) is 0.450. The van der Waals surface area contributed by atoms with Crippen molar-refractivity contribution in [2.75, 3.05) is 18.6 Å². The largest absolute Gasteiger partial charge is 0.379 e. The van der Waals surface area contributed by atoms with Crippen LogP contribution in [-0.4, -0.2) is 45.6 Å². The minimum absolute atomic E-state index is 0.276. The second-order valence-corrected chi connectivity index (χ2v) is 7.96. The third-order valence-electron chi connectivity index (χ3n) is 6.75. The molecule has 3 fully saturated rings. The van der Waals surface area contributed by atoms with E-state index in [1.165, 1.54) is 18.9 Å². The minimum Gasteiger partial charge on any atom is -0.379 e. The van der Waals surface area contributed by atoms with Gasteiger partial charge in [0.1, 0.15) is 11.6 Å². The Kier molecular flexibility index (Phi) is 3.15. The van der Waals surface area contributed by atoms with E-state index in [0.717, 1.165) is 18.3 Å². The van der Waals surface area contributed by atoms with Crippen LogP contribution in [0.3, 0.4) is 0 Å². The zero-order valence-electron chi connectivity index (χ0n) is 15.0. The van der Waals surface area contributed by atoms with E-state index in [-0.39, 0.29) is 11.9 Å². The first kappa shape index (κ1) is 15.5. The molecule has 1 aliphatic heterocycles. The maximum atomic E-state index is 14.3. The van der Waals surface area contributed by atoms with Crippen LogP contribution in [-0.2, 0) is 4.74 Å². The first-order valence-electron chi connectivity index (χ1n) is 9.51. The summed E-state index contributed by atoms with van der Waals surface area (Å²) >= 11 is 0. The van der Waals surface area contributed by atoms with Crippen molar-refractivity contribution in [3.8, 4) is 11.4 Å². The molecule has 0 radical (unpaired) electrons. The number of aromatic nitrogens is 4. The van der Waals surface area contributed by atoms with Crippen LogP contribution in [0.15, 0.2) is 36.4 Å². The quantitative estimate of drug-likeness (QED) is 0.714. The summed E-state index contributed by atoms with van der Waals surface area (Å²) in [5.74, 6) is 3.10. The van der Waals surface area contributed by atoms with Gasteiger partial charge in [0.15, 0.2) is 11.5 Å². The van der Waals surface area contributed by atoms with Gasteiger partial charge in [0.25, 0.3) is 0 Å². The van der Waals surface area contributed by atoms with Gasteiger partial charge < -0.3 is 9.64 Å². The van der Waals surface area contributed by atoms with Crippen LogP contribution in [0.2, 0.25) is 0 Å². The van der Waals surface area contributed by atoms with E-state index in [1.807, 2.05) is 19.2 Å². The normalized spacial score (nSPS) is 31.3. The third-order valence-corrected chi connectivity index (χ3v) is 6.75. The lowest BCUT2D eigenvalue weighted by atomic mass is 9.88. The maximum Gasteiger partial charge on any atom is 0.188 e. The van der Waals surface area contributed by atoms with Crippen molar-refractivity contribution >= 4 is 11.5 Å². The number of hydrogen-bond acceptors (Lipinski definition) is 5. The molecule has 1 aromatic carbocycles. The molecule has 7 heteroatoms. The van der Waals surface area contributed by atoms with Crippen molar-refractivity contribution < 1.29 is 9.13 Å². The van der Waals surface area contributed by atoms with Gasteiger partial charge in [-0.15, -0.1) is 15.3 Å². The first-order valence-corrected chi connectivity index (χ1v) is 9.51. The number of fused-ring (bicyclic) bond motifs is 2. The number of halogens is 1. The predicted octanol–water partition coefficient (Wildman–Crippen LogP) is 2.79. The third kappa shape index (κ3) is 2.06. The molecule has 0 spiro atoms. The molecule has 1 saturated heterocycles. The summed E-state index contributed by atoms with van der Waals surface area (Å²) in [5.41, 5.74) is 1.03. The SMILES string of the molecule is CO[C@@H]1[C@H]2C[C@H]3CN(c4ccc5nnc(-c6ccccc6F)n5n4)[C@@H]1[C@H]3C2. The van der Waals surface area contributed by atoms with Crippen LogP contribution in [0.5, 0.6) is 0 Å². The molecule has 3 aliphatic rings. The Bertz CT molecular complexity index is 1030. The summed E-state index contributed by atoms with van der Waals surface area (Å²) < 4.78 is 21.8. The molecule has 5 atom stereocenters. The van der Waals surface area contributed by atoms with E-state index in [4.69, 9.17) is 9.84 Å². The molecule has 2 aliphatic carbocycles. The van der Waals surface area contributed by atoms with Gasteiger partial charge in [-0.2, -0.15) is 4.52 Å². The zero-order chi connectivity index (χ0) is 18.1. The van der Waals surface area contributed by atoms with Gasteiger partial charge in [-0.3, -0.25) is 0 Å². The number of nitrogens with zero attached hydrogens (tertiary/aromatic N) is 5. The van der Waals surface area contributed by atoms with E-state index in [1.54, 1.807) is 22.7 Å². The number of rotatable bonds is 3. The summed E-state index contributed by atoms with van der Waals surface area (Å²) in [6, 6.07) is 10.9. The molecular formula is C20H20FN5O. The Morgan fingerprint density at radius 1 is 1.07 bits per heavy atom. The lowest BCUT2D eigenvalue weighted by molar-refractivity contribution is 0.0446. The monoisotopic (exact) mass is 365 g/mol. The Balaban J connectivity index is 1.45. The smallest absolute Gasteiger partial charge is 0.188 e. The van der Waals surface area contributed by atoms with E-state index in [9.17, 15) is 4.39 Å². The highest BCUT2D eigenvalue weighted by Crippen LogP contribution is 2.56. The van der Waals surface area contributed by atoms with Gasteiger partial charge in [-0.05, 0) is 54.9 Å². The maximum absolute atomic E-state index is 14.3. The van der Waals surface area contributed by atoms with Crippen LogP contribution >= 0.6 is 0 Å². The minimum atomic E-state index is -0.323. The van der Waals surface area contributed by atoms with Crippen LogP contribution in [0, 0.1) is 23.6 Å². The molecular weight excluding hydrogens is 345 g/mol. The topological polar surface area (TPSA) is 55.5 Å². The van der Waals surface area contributed by atoms with E-state index in [0.29, 0.717) is 34.9 Å². The van der Waals surface area contributed by atoms with Gasteiger partial charge in [-0.25, -0.2) is 4.39 Å². The molecule has 138 valence electrons. The van der Waals surface area contributed by atoms with E-state index in [2.05, 4.69) is 15.1 Å². The summed E-state index contributed by atoms with van der Waals surface area (Å²) in [4.78, 5) is 2.39. The van der Waals surface area contributed by atoms with Crippen molar-refractivity contribution in [1.82, 2.24) is 19.8 Å². The molecule has 3 aromatic rings. The standard InChI is InChI=1S/C20H20FN5O/c1-27-19-11-8-12-10-25(18(19)14(12)9-11)17-7-6-16-22-23-20(26(16)24-17)13-4-2-3-5-15(13)21/h2-7,11-12,14,18-19H,8-10H2,1H3/t11-,12-,14-,18+,19+/m0/s1.